The van der Waals surface area contributed by atoms with E-state index in [-0.39, 0.29) is 30.5 Å². The van der Waals surface area contributed by atoms with Crippen LogP contribution in [0.3, 0.4) is 0 Å². The molecule has 0 heterocycles. The Morgan fingerprint density at radius 1 is 1.06 bits per heavy atom. The van der Waals surface area contributed by atoms with Gasteiger partial charge in [0, 0.05) is 23.7 Å². The van der Waals surface area contributed by atoms with E-state index < -0.39 is 16.5 Å². The zero-order chi connectivity index (χ0) is 23.2. The van der Waals surface area contributed by atoms with Gasteiger partial charge in [-0.3, -0.25) is 19.7 Å². The lowest BCUT2D eigenvalue weighted by atomic mass is 10.0. The lowest BCUT2D eigenvalue weighted by Crippen LogP contribution is -2.53. The maximum atomic E-state index is 13.4. The highest BCUT2D eigenvalue weighted by molar-refractivity contribution is 5.89. The van der Waals surface area contributed by atoms with Crippen LogP contribution in [0.1, 0.15) is 50.8 Å². The van der Waals surface area contributed by atoms with Crippen molar-refractivity contribution >= 4 is 17.5 Å². The van der Waals surface area contributed by atoms with Gasteiger partial charge < -0.3 is 10.2 Å². The van der Waals surface area contributed by atoms with Crippen LogP contribution < -0.4 is 5.32 Å². The number of hydrogen-bond acceptors (Lipinski definition) is 4. The second kappa shape index (κ2) is 10.2. The van der Waals surface area contributed by atoms with Gasteiger partial charge in [0.1, 0.15) is 6.04 Å². The highest BCUT2D eigenvalue weighted by Gasteiger charge is 2.31. The van der Waals surface area contributed by atoms with Gasteiger partial charge in [0.15, 0.2) is 0 Å². The fourth-order valence-corrected chi connectivity index (χ4v) is 3.45. The van der Waals surface area contributed by atoms with Crippen LogP contribution >= 0.6 is 0 Å². The monoisotopic (exact) mass is 425 g/mol. The maximum absolute atomic E-state index is 13.4. The minimum absolute atomic E-state index is 0.0983. The quantitative estimate of drug-likeness (QED) is 0.507. The van der Waals surface area contributed by atoms with Crippen molar-refractivity contribution in [1.82, 2.24) is 10.2 Å². The number of amides is 2. The Balaban J connectivity index is 2.41. The molecular weight excluding hydrogens is 394 g/mol. The highest BCUT2D eigenvalue weighted by Crippen LogP contribution is 2.22. The van der Waals surface area contributed by atoms with Gasteiger partial charge in [-0.25, -0.2) is 0 Å². The van der Waals surface area contributed by atoms with Gasteiger partial charge in [-0.2, -0.15) is 0 Å². The second-order valence-corrected chi connectivity index (χ2v) is 8.67. The van der Waals surface area contributed by atoms with E-state index in [9.17, 15) is 19.7 Å². The summed E-state index contributed by atoms with van der Waals surface area (Å²) in [6, 6.07) is 13.2. The summed E-state index contributed by atoms with van der Waals surface area (Å²) in [5, 5.41) is 14.3. The molecule has 0 unspecified atom stereocenters. The normalized spacial score (nSPS) is 12.2. The third kappa shape index (κ3) is 6.64. The van der Waals surface area contributed by atoms with Gasteiger partial charge in [-0.15, -0.1) is 0 Å². The molecule has 1 atom stereocenters. The molecule has 0 bridgehead atoms. The van der Waals surface area contributed by atoms with E-state index in [4.69, 9.17) is 0 Å². The van der Waals surface area contributed by atoms with Crippen molar-refractivity contribution in [2.45, 2.75) is 65.6 Å². The molecular formula is C24H31N3O4. The minimum Gasteiger partial charge on any atom is -0.350 e. The standard InChI is InChI=1S/C24H31N3O4/c1-6-20(23(29)25-24(3,4)5)26(16-19-13-8-7-11-17(19)2)22(28)15-18-12-9-10-14-21(18)27(30)31/h7-14,20H,6,15-16H2,1-5H3,(H,25,29)/t20-/m0/s1. The smallest absolute Gasteiger partial charge is 0.273 e. The maximum Gasteiger partial charge on any atom is 0.273 e. The van der Waals surface area contributed by atoms with E-state index >= 15 is 0 Å². The second-order valence-electron chi connectivity index (χ2n) is 8.67. The van der Waals surface area contributed by atoms with Crippen molar-refractivity contribution in [3.05, 3.63) is 75.3 Å². The molecule has 0 spiro atoms. The SMILES string of the molecule is CC[C@@H](C(=O)NC(C)(C)C)N(Cc1ccccc1C)C(=O)Cc1ccccc1[N+](=O)[O-]. The Kier molecular flexibility index (Phi) is 7.91. The van der Waals surface area contributed by atoms with Gasteiger partial charge in [0.05, 0.1) is 11.3 Å². The number of para-hydroxylation sites is 1. The molecule has 7 heteroatoms. The molecule has 2 amide bonds. The molecule has 166 valence electrons. The summed E-state index contributed by atoms with van der Waals surface area (Å²) < 4.78 is 0. The third-order valence-electron chi connectivity index (χ3n) is 5.02. The van der Waals surface area contributed by atoms with Gasteiger partial charge in [0.25, 0.3) is 5.69 Å². The summed E-state index contributed by atoms with van der Waals surface area (Å²) in [7, 11) is 0. The van der Waals surface area contributed by atoms with Crippen molar-refractivity contribution in [1.29, 1.82) is 0 Å². The Morgan fingerprint density at radius 3 is 2.19 bits per heavy atom. The lowest BCUT2D eigenvalue weighted by molar-refractivity contribution is -0.385. The number of nitro benzene ring substituents is 1. The van der Waals surface area contributed by atoms with E-state index in [1.54, 1.807) is 23.1 Å². The molecule has 1 N–H and O–H groups in total. The van der Waals surface area contributed by atoms with Crippen LogP contribution in [0.2, 0.25) is 0 Å². The molecule has 0 aliphatic carbocycles. The number of nitro groups is 1. The Bertz CT molecular complexity index is 950. The van der Waals surface area contributed by atoms with Crippen LogP contribution in [0, 0.1) is 17.0 Å². The van der Waals surface area contributed by atoms with E-state index in [1.165, 1.54) is 6.07 Å². The minimum atomic E-state index is -0.686. The summed E-state index contributed by atoms with van der Waals surface area (Å²) in [5.41, 5.74) is 1.73. The first kappa shape index (κ1) is 24.1. The van der Waals surface area contributed by atoms with Gasteiger partial charge in [-0.1, -0.05) is 49.4 Å². The summed E-state index contributed by atoms with van der Waals surface area (Å²) >= 11 is 0. The highest BCUT2D eigenvalue weighted by atomic mass is 16.6. The molecule has 0 fully saturated rings. The Labute approximate surface area is 183 Å². The number of aryl methyl sites for hydroxylation is 1. The average molecular weight is 426 g/mol. The summed E-state index contributed by atoms with van der Waals surface area (Å²) in [4.78, 5) is 38.9. The van der Waals surface area contributed by atoms with Crippen LogP contribution in [0.25, 0.3) is 0 Å². The van der Waals surface area contributed by atoms with Crippen molar-refractivity contribution < 1.29 is 14.5 Å². The van der Waals surface area contributed by atoms with Gasteiger partial charge >= 0.3 is 0 Å². The van der Waals surface area contributed by atoms with Crippen molar-refractivity contribution in [3.8, 4) is 0 Å². The van der Waals surface area contributed by atoms with E-state index in [2.05, 4.69) is 5.32 Å². The Hall–Kier alpha value is -3.22. The molecule has 0 aromatic heterocycles. The number of benzene rings is 2. The lowest BCUT2D eigenvalue weighted by Gasteiger charge is -2.33. The van der Waals surface area contributed by atoms with Crippen LogP contribution in [-0.2, 0) is 22.6 Å². The summed E-state index contributed by atoms with van der Waals surface area (Å²) in [5.74, 6) is -0.562. The zero-order valence-corrected chi connectivity index (χ0v) is 18.8. The first-order valence-electron chi connectivity index (χ1n) is 10.4. The van der Waals surface area contributed by atoms with Crippen molar-refractivity contribution in [3.63, 3.8) is 0 Å². The van der Waals surface area contributed by atoms with Crippen LogP contribution in [-0.4, -0.2) is 33.2 Å². The molecule has 7 nitrogen and oxygen atoms in total. The Morgan fingerprint density at radius 2 is 1.65 bits per heavy atom. The predicted octanol–water partition coefficient (Wildman–Crippen LogP) is 4.17. The topological polar surface area (TPSA) is 92.6 Å². The molecule has 0 radical (unpaired) electrons. The van der Waals surface area contributed by atoms with Crippen LogP contribution in [0.4, 0.5) is 5.69 Å². The van der Waals surface area contributed by atoms with Crippen LogP contribution in [0.15, 0.2) is 48.5 Å². The number of carbonyl (C=O) groups excluding carboxylic acids is 2. The van der Waals surface area contributed by atoms with Crippen molar-refractivity contribution in [2.75, 3.05) is 0 Å². The largest absolute Gasteiger partial charge is 0.350 e. The molecule has 2 aromatic carbocycles. The molecule has 0 aliphatic rings. The molecule has 2 rings (SSSR count). The molecule has 2 aromatic rings. The van der Waals surface area contributed by atoms with Crippen LogP contribution in [0.5, 0.6) is 0 Å². The third-order valence-corrected chi connectivity index (χ3v) is 5.02. The number of nitrogens with one attached hydrogen (secondary N) is 1. The molecule has 0 saturated carbocycles. The summed E-state index contributed by atoms with van der Waals surface area (Å²) in [6.45, 7) is 9.73. The average Bonchev–Trinajstić information content (AvgIpc) is 2.68. The number of rotatable bonds is 8. The first-order valence-corrected chi connectivity index (χ1v) is 10.4. The zero-order valence-electron chi connectivity index (χ0n) is 18.8. The first-order chi connectivity index (χ1) is 14.5. The van der Waals surface area contributed by atoms with Crippen molar-refractivity contribution in [2.24, 2.45) is 0 Å². The predicted molar refractivity (Wildman–Crippen MR) is 121 cm³/mol. The fraction of sp³-hybridized carbons (Fsp3) is 0.417. The fourth-order valence-electron chi connectivity index (χ4n) is 3.45. The molecule has 0 aliphatic heterocycles. The number of nitrogens with zero attached hydrogens (tertiary/aromatic N) is 2. The summed E-state index contributed by atoms with van der Waals surface area (Å²) in [6.07, 6.45) is 0.277. The van der Waals surface area contributed by atoms with E-state index in [0.29, 0.717) is 12.0 Å². The number of hydrogen-bond donors (Lipinski definition) is 1. The number of carbonyl (C=O) groups is 2. The molecule has 31 heavy (non-hydrogen) atoms. The van der Waals surface area contributed by atoms with E-state index in [0.717, 1.165) is 11.1 Å². The van der Waals surface area contributed by atoms with E-state index in [1.807, 2.05) is 58.9 Å². The van der Waals surface area contributed by atoms with Gasteiger partial charge in [-0.05, 0) is 45.2 Å². The molecule has 0 saturated heterocycles. The van der Waals surface area contributed by atoms with Gasteiger partial charge in [0.2, 0.25) is 11.8 Å².